The Labute approximate surface area is 187 Å². The van der Waals surface area contributed by atoms with Crippen molar-refractivity contribution in [3.05, 3.63) is 77.1 Å². The van der Waals surface area contributed by atoms with Gasteiger partial charge in [0.25, 0.3) is 11.8 Å². The molecular weight excluding hydrogens is 404 g/mol. The first kappa shape index (κ1) is 21.4. The molecule has 32 heavy (non-hydrogen) atoms. The van der Waals surface area contributed by atoms with Crippen molar-refractivity contribution in [3.63, 3.8) is 0 Å². The summed E-state index contributed by atoms with van der Waals surface area (Å²) in [6.45, 7) is 8.18. The van der Waals surface area contributed by atoms with E-state index in [-0.39, 0.29) is 18.4 Å². The molecule has 4 amide bonds. The van der Waals surface area contributed by atoms with Crippen LogP contribution in [0.2, 0.25) is 0 Å². The van der Waals surface area contributed by atoms with E-state index in [1.807, 2.05) is 19.9 Å². The van der Waals surface area contributed by atoms with Crippen molar-refractivity contribution in [1.82, 2.24) is 9.88 Å². The summed E-state index contributed by atoms with van der Waals surface area (Å²) in [6, 6.07) is 16.5. The van der Waals surface area contributed by atoms with Gasteiger partial charge in [0.05, 0.1) is 17.8 Å². The Kier molecular flexibility index (Phi) is 5.57. The fourth-order valence-electron chi connectivity index (χ4n) is 4.00. The van der Waals surface area contributed by atoms with Gasteiger partial charge in [-0.05, 0) is 61.7 Å². The Morgan fingerprint density at radius 2 is 1.72 bits per heavy atom. The van der Waals surface area contributed by atoms with Crippen LogP contribution in [0.15, 0.2) is 54.6 Å². The number of carbonyl (C=O) groups excluding carboxylic acids is 3. The van der Waals surface area contributed by atoms with Gasteiger partial charge in [0.15, 0.2) is 0 Å². The van der Waals surface area contributed by atoms with E-state index in [9.17, 15) is 14.4 Å². The molecule has 4 rings (SSSR count). The zero-order valence-corrected chi connectivity index (χ0v) is 18.6. The highest BCUT2D eigenvalue weighted by molar-refractivity contribution is 6.20. The lowest BCUT2D eigenvalue weighted by atomic mass is 10.0. The number of nitrogens with zero attached hydrogens (tertiary/aromatic N) is 2. The number of aryl methyl sites for hydroxylation is 1. The van der Waals surface area contributed by atoms with Crippen molar-refractivity contribution >= 4 is 29.2 Å². The van der Waals surface area contributed by atoms with E-state index >= 15 is 0 Å². The van der Waals surface area contributed by atoms with Crippen LogP contribution in [0.4, 0.5) is 16.2 Å². The smallest absolute Gasteiger partial charge is 0.328 e. The van der Waals surface area contributed by atoms with Crippen LogP contribution >= 0.6 is 0 Å². The number of nitrogens with one attached hydrogen (secondary N) is 2. The van der Waals surface area contributed by atoms with Crippen LogP contribution in [0.3, 0.4) is 0 Å². The van der Waals surface area contributed by atoms with Gasteiger partial charge in [-0.2, -0.15) is 0 Å². The molecule has 0 saturated carbocycles. The molecule has 1 aliphatic heterocycles. The number of hydrogen-bond donors (Lipinski definition) is 2. The quantitative estimate of drug-likeness (QED) is 0.584. The highest BCUT2D eigenvalue weighted by atomic mass is 16.2. The first-order valence-electron chi connectivity index (χ1n) is 10.6. The van der Waals surface area contributed by atoms with Gasteiger partial charge in [0, 0.05) is 22.8 Å². The van der Waals surface area contributed by atoms with E-state index in [0.29, 0.717) is 22.9 Å². The number of carbonyl (C=O) groups is 3. The van der Waals surface area contributed by atoms with E-state index in [4.69, 9.17) is 0 Å². The third kappa shape index (κ3) is 3.89. The summed E-state index contributed by atoms with van der Waals surface area (Å²) in [4.78, 5) is 38.0. The lowest BCUT2D eigenvalue weighted by molar-refractivity contribution is -0.115. The van der Waals surface area contributed by atoms with E-state index < -0.39 is 6.03 Å². The Morgan fingerprint density at radius 1 is 1.00 bits per heavy atom. The Bertz CT molecular complexity index is 1190. The molecule has 164 valence electrons. The van der Waals surface area contributed by atoms with Gasteiger partial charge in [-0.15, -0.1) is 0 Å². The predicted molar refractivity (Wildman–Crippen MR) is 125 cm³/mol. The summed E-state index contributed by atoms with van der Waals surface area (Å²) in [7, 11) is 0. The van der Waals surface area contributed by atoms with Crippen molar-refractivity contribution in [2.75, 3.05) is 16.8 Å². The number of rotatable bonds is 5. The Balaban J connectivity index is 1.58. The summed E-state index contributed by atoms with van der Waals surface area (Å²) in [5, 5.41) is 5.38. The number of anilines is 2. The maximum atomic E-state index is 13.1. The molecule has 1 saturated heterocycles. The van der Waals surface area contributed by atoms with Gasteiger partial charge in [0.1, 0.15) is 0 Å². The lowest BCUT2D eigenvalue weighted by Crippen LogP contribution is -2.30. The maximum Gasteiger partial charge on any atom is 0.329 e. The highest BCUT2D eigenvalue weighted by Crippen LogP contribution is 2.25. The van der Waals surface area contributed by atoms with Crippen molar-refractivity contribution in [2.24, 2.45) is 0 Å². The lowest BCUT2D eigenvalue weighted by Gasteiger charge is -2.14. The number of hydrogen-bond acceptors (Lipinski definition) is 3. The fraction of sp³-hybridized carbons (Fsp3) is 0.240. The van der Waals surface area contributed by atoms with Crippen LogP contribution in [-0.2, 0) is 4.79 Å². The number of aromatic nitrogens is 1. The zero-order valence-electron chi connectivity index (χ0n) is 18.6. The highest BCUT2D eigenvalue weighted by Gasteiger charge is 2.30. The summed E-state index contributed by atoms with van der Waals surface area (Å²) in [6.07, 6.45) is 0. The van der Waals surface area contributed by atoms with Crippen molar-refractivity contribution in [1.29, 1.82) is 0 Å². The van der Waals surface area contributed by atoms with Crippen LogP contribution < -0.4 is 15.5 Å². The van der Waals surface area contributed by atoms with E-state index in [0.717, 1.165) is 22.0 Å². The number of amides is 4. The van der Waals surface area contributed by atoms with Gasteiger partial charge in [-0.25, -0.2) is 9.69 Å². The SMILES string of the molecule is Cc1cc(C(=O)Nc2cccc(N3C(=O)CNC3=O)c2)c(C)n1-c1ccc(C(C)C)cc1. The summed E-state index contributed by atoms with van der Waals surface area (Å²) in [5.41, 5.74) is 5.55. The summed E-state index contributed by atoms with van der Waals surface area (Å²) >= 11 is 0. The molecule has 1 aromatic heterocycles. The van der Waals surface area contributed by atoms with Crippen molar-refractivity contribution in [2.45, 2.75) is 33.6 Å². The van der Waals surface area contributed by atoms with E-state index in [2.05, 4.69) is 53.3 Å². The molecule has 0 aliphatic carbocycles. The third-order valence-electron chi connectivity index (χ3n) is 5.70. The number of imide groups is 1. The fourth-order valence-corrected chi connectivity index (χ4v) is 4.00. The molecule has 1 fully saturated rings. The van der Waals surface area contributed by atoms with Gasteiger partial charge >= 0.3 is 6.03 Å². The van der Waals surface area contributed by atoms with Crippen molar-refractivity contribution < 1.29 is 14.4 Å². The van der Waals surface area contributed by atoms with Gasteiger partial charge in [-0.3, -0.25) is 9.59 Å². The van der Waals surface area contributed by atoms with Crippen LogP contribution in [0.5, 0.6) is 0 Å². The molecule has 2 aromatic carbocycles. The standard InChI is InChI=1S/C25H26N4O3/c1-15(2)18-8-10-20(11-9-18)28-16(3)12-22(17(28)4)24(31)27-19-6-5-7-21(13-19)29-23(30)14-26-25(29)32/h5-13,15H,14H2,1-4H3,(H,26,32)(H,27,31). The second-order valence-corrected chi connectivity index (χ2v) is 8.26. The number of urea groups is 1. The summed E-state index contributed by atoms with van der Waals surface area (Å²) < 4.78 is 2.06. The molecule has 0 radical (unpaired) electrons. The molecule has 7 nitrogen and oxygen atoms in total. The minimum Gasteiger partial charge on any atom is -0.328 e. The van der Waals surface area contributed by atoms with E-state index in [1.54, 1.807) is 24.3 Å². The first-order chi connectivity index (χ1) is 15.3. The molecule has 0 unspecified atom stereocenters. The molecule has 0 atom stereocenters. The van der Waals surface area contributed by atoms with E-state index in [1.165, 1.54) is 5.56 Å². The second-order valence-electron chi connectivity index (χ2n) is 8.26. The molecule has 2 N–H and O–H groups in total. The predicted octanol–water partition coefficient (Wildman–Crippen LogP) is 4.53. The molecular formula is C25H26N4O3. The first-order valence-corrected chi connectivity index (χ1v) is 10.6. The Hall–Kier alpha value is -3.87. The topological polar surface area (TPSA) is 83.4 Å². The van der Waals surface area contributed by atoms with Crippen LogP contribution in [0, 0.1) is 13.8 Å². The average molecular weight is 431 g/mol. The van der Waals surface area contributed by atoms with Crippen LogP contribution in [-0.4, -0.2) is 29.0 Å². The summed E-state index contributed by atoms with van der Waals surface area (Å²) in [5.74, 6) is -0.127. The van der Waals surface area contributed by atoms with Crippen molar-refractivity contribution in [3.8, 4) is 5.69 Å². The van der Waals surface area contributed by atoms with Gasteiger partial charge < -0.3 is 15.2 Å². The third-order valence-corrected chi connectivity index (χ3v) is 5.70. The monoisotopic (exact) mass is 430 g/mol. The average Bonchev–Trinajstić information content (AvgIpc) is 3.25. The number of benzene rings is 2. The normalized spacial score (nSPS) is 13.6. The maximum absolute atomic E-state index is 13.1. The largest absolute Gasteiger partial charge is 0.329 e. The second kappa shape index (κ2) is 8.34. The molecule has 0 bridgehead atoms. The van der Waals surface area contributed by atoms with Crippen LogP contribution in [0.1, 0.15) is 47.1 Å². The molecule has 2 heterocycles. The Morgan fingerprint density at radius 3 is 2.34 bits per heavy atom. The zero-order chi connectivity index (χ0) is 23.0. The van der Waals surface area contributed by atoms with Crippen LogP contribution in [0.25, 0.3) is 5.69 Å². The molecule has 0 spiro atoms. The minimum absolute atomic E-state index is 0.0282. The molecule has 1 aliphatic rings. The van der Waals surface area contributed by atoms with Gasteiger partial charge in [0.2, 0.25) is 0 Å². The van der Waals surface area contributed by atoms with Gasteiger partial charge in [-0.1, -0.05) is 32.0 Å². The molecule has 3 aromatic rings. The minimum atomic E-state index is -0.467. The molecule has 7 heteroatoms.